The highest BCUT2D eigenvalue weighted by atomic mass is 35.5. The first-order valence-electron chi connectivity index (χ1n) is 9.18. The fourth-order valence-electron chi connectivity index (χ4n) is 2.95. The predicted octanol–water partition coefficient (Wildman–Crippen LogP) is 4.05. The van der Waals surface area contributed by atoms with Gasteiger partial charge in [-0.05, 0) is 32.0 Å². The molecule has 9 nitrogen and oxygen atoms in total. The van der Waals surface area contributed by atoms with E-state index in [0.29, 0.717) is 28.3 Å². The Morgan fingerprint density at radius 3 is 2.45 bits per heavy atom. The molecule has 0 radical (unpaired) electrons. The maximum absolute atomic E-state index is 12.5. The minimum Gasteiger partial charge on any atom is -0.288 e. The van der Waals surface area contributed by atoms with Gasteiger partial charge in [-0.3, -0.25) is 14.8 Å². The van der Waals surface area contributed by atoms with Crippen LogP contribution in [-0.4, -0.2) is 40.2 Å². The van der Waals surface area contributed by atoms with Crippen LogP contribution in [0.4, 0.5) is 5.95 Å². The Bertz CT molecular complexity index is 1240. The fourth-order valence-corrected chi connectivity index (χ4v) is 3.60. The molecule has 0 fully saturated rings. The molecule has 0 unspecified atom stereocenters. The minimum atomic E-state index is -0.432. The summed E-state index contributed by atoms with van der Waals surface area (Å²) in [5.74, 6) is -0.285. The molecule has 12 heteroatoms. The molecule has 4 rings (SSSR count). The van der Waals surface area contributed by atoms with Gasteiger partial charge in [-0.25, -0.2) is 14.3 Å². The van der Waals surface area contributed by atoms with Crippen molar-refractivity contribution in [3.05, 3.63) is 74.5 Å². The summed E-state index contributed by atoms with van der Waals surface area (Å²) in [5, 5.41) is 17.2. The minimum absolute atomic E-state index is 0.146. The second-order valence-electron chi connectivity index (χ2n) is 6.79. The van der Waals surface area contributed by atoms with E-state index in [1.807, 2.05) is 13.8 Å². The topological polar surface area (TPSA) is 95.5 Å². The number of aryl methyl sites for hydroxylation is 1. The summed E-state index contributed by atoms with van der Waals surface area (Å²) in [6, 6.07) is 6.87. The average molecular weight is 480 g/mol. The van der Waals surface area contributed by atoms with Crippen LogP contribution in [-0.2, 0) is 13.2 Å². The van der Waals surface area contributed by atoms with Gasteiger partial charge in [0.2, 0.25) is 5.95 Å². The largest absolute Gasteiger partial charge is 0.288 e. The van der Waals surface area contributed by atoms with E-state index in [1.165, 1.54) is 11.0 Å². The normalized spacial score (nSPS) is 11.1. The monoisotopic (exact) mass is 478 g/mol. The second kappa shape index (κ2) is 8.70. The number of amides is 1. The molecular formula is C19H17Cl3N8O. The SMILES string of the molecule is Cc1nn(Cn2ccc(C(=O)Nc3ncn(Cc4c(Cl)cccc4Cl)n3)n2)c(C)c1Cl. The zero-order chi connectivity index (χ0) is 22.1. The van der Waals surface area contributed by atoms with Crippen LogP contribution in [0.2, 0.25) is 15.1 Å². The third kappa shape index (κ3) is 4.58. The standard InChI is InChI=1S/C19H17Cl3N8O/c1-11-17(22)12(2)30(25-11)10-28-7-6-16(26-28)18(31)24-19-23-9-29(27-19)8-13-14(20)4-3-5-15(13)21/h3-7,9H,8,10H2,1-2H3,(H,24,27,31). The number of rotatable bonds is 6. The van der Waals surface area contributed by atoms with E-state index in [4.69, 9.17) is 34.8 Å². The van der Waals surface area contributed by atoms with Gasteiger partial charge in [0, 0.05) is 21.8 Å². The van der Waals surface area contributed by atoms with Crippen molar-refractivity contribution in [1.82, 2.24) is 34.3 Å². The maximum Gasteiger partial charge on any atom is 0.278 e. The molecule has 160 valence electrons. The summed E-state index contributed by atoms with van der Waals surface area (Å²) in [6.07, 6.45) is 3.17. The number of hydrogen-bond donors (Lipinski definition) is 1. The third-order valence-corrected chi connectivity index (χ3v) is 5.84. The molecule has 0 atom stereocenters. The lowest BCUT2D eigenvalue weighted by Gasteiger charge is -2.06. The van der Waals surface area contributed by atoms with Gasteiger partial charge in [-0.15, -0.1) is 5.10 Å². The second-order valence-corrected chi connectivity index (χ2v) is 7.98. The quantitative estimate of drug-likeness (QED) is 0.450. The fraction of sp³-hybridized carbons (Fsp3) is 0.211. The molecule has 3 aromatic heterocycles. The van der Waals surface area contributed by atoms with Gasteiger partial charge in [-0.1, -0.05) is 40.9 Å². The highest BCUT2D eigenvalue weighted by molar-refractivity contribution is 6.36. The zero-order valence-electron chi connectivity index (χ0n) is 16.6. The van der Waals surface area contributed by atoms with Gasteiger partial charge in [0.15, 0.2) is 5.69 Å². The van der Waals surface area contributed by atoms with Crippen LogP contribution in [0, 0.1) is 13.8 Å². The number of aromatic nitrogens is 7. The molecule has 4 aromatic rings. The van der Waals surface area contributed by atoms with E-state index in [1.54, 1.807) is 39.8 Å². The van der Waals surface area contributed by atoms with Crippen molar-refractivity contribution in [3.8, 4) is 0 Å². The molecule has 1 amide bonds. The molecule has 0 saturated carbocycles. The van der Waals surface area contributed by atoms with Gasteiger partial charge in [0.1, 0.15) is 13.0 Å². The van der Waals surface area contributed by atoms with E-state index in [2.05, 4.69) is 25.6 Å². The predicted molar refractivity (Wildman–Crippen MR) is 118 cm³/mol. The van der Waals surface area contributed by atoms with E-state index in [9.17, 15) is 4.79 Å². The van der Waals surface area contributed by atoms with E-state index in [0.717, 1.165) is 17.0 Å². The van der Waals surface area contributed by atoms with Gasteiger partial charge in [-0.2, -0.15) is 10.2 Å². The molecule has 0 saturated heterocycles. The molecular weight excluding hydrogens is 463 g/mol. The van der Waals surface area contributed by atoms with Crippen molar-refractivity contribution in [2.45, 2.75) is 27.1 Å². The number of benzene rings is 1. The molecule has 0 aliphatic carbocycles. The molecule has 3 heterocycles. The number of carbonyl (C=O) groups is 1. The van der Waals surface area contributed by atoms with Crippen molar-refractivity contribution in [1.29, 1.82) is 0 Å². The number of nitrogens with zero attached hydrogens (tertiary/aromatic N) is 7. The molecule has 1 N–H and O–H groups in total. The lowest BCUT2D eigenvalue weighted by atomic mass is 10.2. The van der Waals surface area contributed by atoms with Crippen LogP contribution in [0.25, 0.3) is 0 Å². The Morgan fingerprint density at radius 1 is 1.03 bits per heavy atom. The summed E-state index contributed by atoms with van der Waals surface area (Å²) >= 11 is 18.6. The van der Waals surface area contributed by atoms with E-state index >= 15 is 0 Å². The Kier molecular flexibility index (Phi) is 5.99. The van der Waals surface area contributed by atoms with Crippen LogP contribution in [0.15, 0.2) is 36.8 Å². The Balaban J connectivity index is 1.42. The van der Waals surface area contributed by atoms with Crippen molar-refractivity contribution < 1.29 is 4.79 Å². The van der Waals surface area contributed by atoms with Crippen LogP contribution < -0.4 is 5.32 Å². The number of nitrogens with one attached hydrogen (secondary N) is 1. The Labute approximate surface area is 192 Å². The number of carbonyl (C=O) groups excluding carboxylic acids is 1. The highest BCUT2D eigenvalue weighted by Gasteiger charge is 2.15. The van der Waals surface area contributed by atoms with Crippen molar-refractivity contribution in [2.24, 2.45) is 0 Å². The number of halogens is 3. The Hall–Kier alpha value is -2.88. The average Bonchev–Trinajstić information content (AvgIpc) is 3.43. The van der Waals surface area contributed by atoms with Crippen LogP contribution in [0.3, 0.4) is 0 Å². The van der Waals surface area contributed by atoms with Crippen molar-refractivity contribution in [2.75, 3.05) is 5.32 Å². The van der Waals surface area contributed by atoms with Gasteiger partial charge < -0.3 is 0 Å². The molecule has 1 aromatic carbocycles. The summed E-state index contributed by atoms with van der Waals surface area (Å²) in [4.78, 5) is 16.6. The summed E-state index contributed by atoms with van der Waals surface area (Å²) < 4.78 is 4.85. The van der Waals surface area contributed by atoms with Crippen LogP contribution in [0.5, 0.6) is 0 Å². The molecule has 0 spiro atoms. The lowest BCUT2D eigenvalue weighted by molar-refractivity contribution is 0.102. The van der Waals surface area contributed by atoms with Gasteiger partial charge in [0.25, 0.3) is 5.91 Å². The summed E-state index contributed by atoms with van der Waals surface area (Å²) in [7, 11) is 0. The lowest BCUT2D eigenvalue weighted by Crippen LogP contribution is -2.16. The zero-order valence-corrected chi connectivity index (χ0v) is 18.8. The molecule has 0 aliphatic rings. The van der Waals surface area contributed by atoms with Crippen LogP contribution >= 0.6 is 34.8 Å². The van der Waals surface area contributed by atoms with E-state index in [-0.39, 0.29) is 11.6 Å². The molecule has 31 heavy (non-hydrogen) atoms. The van der Waals surface area contributed by atoms with Gasteiger partial charge in [0.05, 0.1) is 23.0 Å². The third-order valence-electron chi connectivity index (χ3n) is 4.59. The van der Waals surface area contributed by atoms with Crippen LogP contribution in [0.1, 0.15) is 27.4 Å². The smallest absolute Gasteiger partial charge is 0.278 e. The first-order chi connectivity index (χ1) is 14.8. The van der Waals surface area contributed by atoms with E-state index < -0.39 is 5.91 Å². The maximum atomic E-state index is 12.5. The summed E-state index contributed by atoms with van der Waals surface area (Å²) in [5.41, 5.74) is 2.51. The molecule has 0 bridgehead atoms. The Morgan fingerprint density at radius 2 is 1.77 bits per heavy atom. The number of hydrogen-bond acceptors (Lipinski definition) is 5. The molecule has 0 aliphatic heterocycles. The van der Waals surface area contributed by atoms with Crippen molar-refractivity contribution >= 4 is 46.7 Å². The van der Waals surface area contributed by atoms with Gasteiger partial charge >= 0.3 is 0 Å². The number of anilines is 1. The first-order valence-corrected chi connectivity index (χ1v) is 10.3. The van der Waals surface area contributed by atoms with Crippen molar-refractivity contribution in [3.63, 3.8) is 0 Å². The highest BCUT2D eigenvalue weighted by Crippen LogP contribution is 2.25. The first kappa shape index (κ1) is 21.4. The summed E-state index contributed by atoms with van der Waals surface area (Å²) in [6.45, 7) is 4.36.